The van der Waals surface area contributed by atoms with Gasteiger partial charge in [0.15, 0.2) is 0 Å². The van der Waals surface area contributed by atoms with Gasteiger partial charge in [-0.15, -0.1) is 0 Å². The summed E-state index contributed by atoms with van der Waals surface area (Å²) in [6.45, 7) is 3.91. The van der Waals surface area contributed by atoms with E-state index in [0.29, 0.717) is 6.42 Å². The Labute approximate surface area is 126 Å². The molecule has 0 bridgehead atoms. The lowest BCUT2D eigenvalue weighted by molar-refractivity contribution is 0.316. The molecule has 1 atom stereocenters. The van der Waals surface area contributed by atoms with Crippen LogP contribution >= 0.6 is 0 Å². The second-order valence-corrected chi connectivity index (χ2v) is 6.63. The lowest BCUT2D eigenvalue weighted by atomic mass is 10.1. The van der Waals surface area contributed by atoms with E-state index in [-0.39, 0.29) is 17.2 Å². The van der Waals surface area contributed by atoms with Crippen LogP contribution in [0.25, 0.3) is 0 Å². The Kier molecular flexibility index (Phi) is 6.64. The molecule has 0 amide bonds. The Morgan fingerprint density at radius 2 is 1.95 bits per heavy atom. The van der Waals surface area contributed by atoms with Gasteiger partial charge in [-0.2, -0.15) is 0 Å². The summed E-state index contributed by atoms with van der Waals surface area (Å²) in [6.07, 6.45) is 2.65. The van der Waals surface area contributed by atoms with Crippen LogP contribution in [0.5, 0.6) is 0 Å². The molecule has 118 valence electrons. The van der Waals surface area contributed by atoms with Crippen LogP contribution in [0.15, 0.2) is 34.3 Å². The van der Waals surface area contributed by atoms with Crippen molar-refractivity contribution in [2.75, 3.05) is 0 Å². The average Bonchev–Trinajstić information content (AvgIpc) is 2.47. The van der Waals surface area contributed by atoms with E-state index in [9.17, 15) is 8.42 Å². The lowest BCUT2D eigenvalue weighted by Gasteiger charge is -2.16. The molecule has 21 heavy (non-hydrogen) atoms. The van der Waals surface area contributed by atoms with Crippen molar-refractivity contribution < 1.29 is 13.6 Å². The van der Waals surface area contributed by atoms with E-state index in [2.05, 4.69) is 16.8 Å². The predicted molar refractivity (Wildman–Crippen MR) is 82.9 cm³/mol. The van der Waals surface area contributed by atoms with Crippen LogP contribution in [0, 0.1) is 0 Å². The number of rotatable bonds is 8. The maximum atomic E-state index is 12.3. The number of hydrogen-bond donors (Lipinski definition) is 3. The number of aryl methyl sites for hydroxylation is 1. The fraction of sp³-hybridized carbons (Fsp3) is 0.500. The molecular weight excluding hydrogens is 290 g/mol. The highest BCUT2D eigenvalue weighted by atomic mass is 32.2. The van der Waals surface area contributed by atoms with E-state index in [1.165, 1.54) is 0 Å². The van der Waals surface area contributed by atoms with Crippen molar-refractivity contribution in [1.82, 2.24) is 4.72 Å². The SMILES string of the molecule is CCCc1ccc(S(=O)(=O)NC(CC)CC(N)=NO)cc1. The van der Waals surface area contributed by atoms with Gasteiger partial charge in [-0.05, 0) is 30.5 Å². The van der Waals surface area contributed by atoms with E-state index in [1.54, 1.807) is 12.1 Å². The molecule has 4 N–H and O–H groups in total. The fourth-order valence-corrected chi connectivity index (χ4v) is 3.29. The minimum Gasteiger partial charge on any atom is -0.409 e. The Morgan fingerprint density at radius 1 is 1.33 bits per heavy atom. The number of nitrogens with zero attached hydrogens (tertiary/aromatic N) is 1. The van der Waals surface area contributed by atoms with Crippen molar-refractivity contribution in [2.45, 2.75) is 50.5 Å². The topological polar surface area (TPSA) is 105 Å². The van der Waals surface area contributed by atoms with E-state index in [0.717, 1.165) is 18.4 Å². The van der Waals surface area contributed by atoms with Crippen LogP contribution in [-0.4, -0.2) is 25.5 Å². The second kappa shape index (κ2) is 7.99. The minimum absolute atomic E-state index is 0.00263. The van der Waals surface area contributed by atoms with Gasteiger partial charge >= 0.3 is 0 Å². The average molecular weight is 313 g/mol. The minimum atomic E-state index is -3.60. The van der Waals surface area contributed by atoms with Gasteiger partial charge in [-0.3, -0.25) is 0 Å². The zero-order valence-corrected chi connectivity index (χ0v) is 13.2. The molecule has 0 aliphatic rings. The molecule has 0 heterocycles. The van der Waals surface area contributed by atoms with Gasteiger partial charge in [0.2, 0.25) is 10.0 Å². The number of benzene rings is 1. The third-order valence-corrected chi connectivity index (χ3v) is 4.71. The van der Waals surface area contributed by atoms with Gasteiger partial charge in [-0.1, -0.05) is 37.6 Å². The Hall–Kier alpha value is -1.60. The molecule has 0 saturated heterocycles. The van der Waals surface area contributed by atoms with Gasteiger partial charge in [0.05, 0.1) is 4.90 Å². The van der Waals surface area contributed by atoms with E-state index >= 15 is 0 Å². The largest absolute Gasteiger partial charge is 0.409 e. The molecule has 0 radical (unpaired) electrons. The zero-order valence-electron chi connectivity index (χ0n) is 12.4. The van der Waals surface area contributed by atoms with Crippen LogP contribution in [0.4, 0.5) is 0 Å². The van der Waals surface area contributed by atoms with Crippen molar-refractivity contribution in [2.24, 2.45) is 10.9 Å². The van der Waals surface area contributed by atoms with E-state index in [1.807, 2.05) is 19.1 Å². The second-order valence-electron chi connectivity index (χ2n) is 4.92. The van der Waals surface area contributed by atoms with Gasteiger partial charge in [-0.25, -0.2) is 13.1 Å². The van der Waals surface area contributed by atoms with E-state index < -0.39 is 16.1 Å². The highest BCUT2D eigenvalue weighted by Crippen LogP contribution is 2.13. The first kappa shape index (κ1) is 17.5. The van der Waals surface area contributed by atoms with Crippen LogP contribution < -0.4 is 10.5 Å². The molecule has 6 nitrogen and oxygen atoms in total. The molecular formula is C14H23N3O3S. The summed E-state index contributed by atoms with van der Waals surface area (Å²) in [6, 6.07) is 6.44. The first-order valence-corrected chi connectivity index (χ1v) is 8.48. The third-order valence-electron chi connectivity index (χ3n) is 3.17. The van der Waals surface area contributed by atoms with Crippen LogP contribution in [0.1, 0.15) is 38.7 Å². The molecule has 7 heteroatoms. The van der Waals surface area contributed by atoms with Gasteiger partial charge in [0.25, 0.3) is 0 Å². The van der Waals surface area contributed by atoms with Crippen molar-refractivity contribution in [3.05, 3.63) is 29.8 Å². The molecule has 0 saturated carbocycles. The van der Waals surface area contributed by atoms with Gasteiger partial charge < -0.3 is 10.9 Å². The molecule has 1 aromatic rings. The molecule has 0 fully saturated rings. The first-order valence-electron chi connectivity index (χ1n) is 7.00. The van der Waals surface area contributed by atoms with Crippen LogP contribution in [0.3, 0.4) is 0 Å². The Bertz CT molecular complexity index is 568. The number of nitrogens with one attached hydrogen (secondary N) is 1. The maximum Gasteiger partial charge on any atom is 0.240 e. The summed E-state index contributed by atoms with van der Waals surface area (Å²) in [5.41, 5.74) is 6.54. The van der Waals surface area contributed by atoms with Crippen LogP contribution in [-0.2, 0) is 16.4 Å². The van der Waals surface area contributed by atoms with Crippen molar-refractivity contribution >= 4 is 15.9 Å². The molecule has 0 aliphatic carbocycles. The van der Waals surface area contributed by atoms with Gasteiger partial charge in [0.1, 0.15) is 5.84 Å². The summed E-state index contributed by atoms with van der Waals surface area (Å²) >= 11 is 0. The smallest absolute Gasteiger partial charge is 0.240 e. The summed E-state index contributed by atoms with van der Waals surface area (Å²) in [5.74, 6) is 0.00263. The van der Waals surface area contributed by atoms with Crippen LogP contribution in [0.2, 0.25) is 0 Å². The zero-order chi connectivity index (χ0) is 15.9. The summed E-state index contributed by atoms with van der Waals surface area (Å²) in [7, 11) is -3.60. The number of amidine groups is 1. The normalized spacial score (nSPS) is 14.1. The summed E-state index contributed by atoms with van der Waals surface area (Å²) in [5, 5.41) is 11.4. The summed E-state index contributed by atoms with van der Waals surface area (Å²) < 4.78 is 27.1. The van der Waals surface area contributed by atoms with Crippen molar-refractivity contribution in [3.8, 4) is 0 Å². The summed E-state index contributed by atoms with van der Waals surface area (Å²) in [4.78, 5) is 0.223. The lowest BCUT2D eigenvalue weighted by Crippen LogP contribution is -2.37. The van der Waals surface area contributed by atoms with E-state index in [4.69, 9.17) is 10.9 Å². The predicted octanol–water partition coefficient (Wildman–Crippen LogP) is 1.83. The monoisotopic (exact) mass is 313 g/mol. The van der Waals surface area contributed by atoms with Crippen molar-refractivity contribution in [1.29, 1.82) is 0 Å². The number of nitrogens with two attached hydrogens (primary N) is 1. The molecule has 1 rings (SSSR count). The molecule has 0 aromatic heterocycles. The van der Waals surface area contributed by atoms with Crippen molar-refractivity contribution in [3.63, 3.8) is 0 Å². The Morgan fingerprint density at radius 3 is 2.43 bits per heavy atom. The molecule has 0 aliphatic heterocycles. The Balaban J connectivity index is 2.84. The standard InChI is InChI=1S/C14H23N3O3S/c1-3-5-11-6-8-13(9-7-11)21(19,20)17-12(4-2)10-14(15)16-18/h6-9,12,17-18H,3-5,10H2,1-2H3,(H2,15,16). The first-order chi connectivity index (χ1) is 9.92. The quantitative estimate of drug-likeness (QED) is 0.295. The molecule has 1 unspecified atom stereocenters. The molecule has 1 aromatic carbocycles. The maximum absolute atomic E-state index is 12.3. The third kappa shape index (κ3) is 5.35. The highest BCUT2D eigenvalue weighted by molar-refractivity contribution is 7.89. The number of oxime groups is 1. The number of hydrogen-bond acceptors (Lipinski definition) is 4. The highest BCUT2D eigenvalue weighted by Gasteiger charge is 2.19. The molecule has 0 spiro atoms. The fourth-order valence-electron chi connectivity index (χ4n) is 1.97. The van der Waals surface area contributed by atoms with Gasteiger partial charge in [0, 0.05) is 12.5 Å². The number of sulfonamides is 1.